The molecule has 2 fully saturated rings. The van der Waals surface area contributed by atoms with E-state index in [1.54, 1.807) is 0 Å². The topological polar surface area (TPSA) is 24.3 Å². The standard InChI is InChI=1S/C19H27BrN4/c1-14-19-17(20)13-24(18(19)7-8-21-14)16-5-3-15(4-6-16)23-11-9-22(2)10-12-23/h7-8,13,15-16H,3-6,9-12H2,1-2H3. The van der Waals surface area contributed by atoms with Crippen molar-refractivity contribution in [1.82, 2.24) is 19.4 Å². The predicted molar refractivity (Wildman–Crippen MR) is 103 cm³/mol. The van der Waals surface area contributed by atoms with Gasteiger partial charge < -0.3 is 9.47 Å². The molecule has 0 unspecified atom stereocenters. The molecule has 4 rings (SSSR count). The first-order chi connectivity index (χ1) is 11.6. The second-order valence-corrected chi connectivity index (χ2v) is 8.33. The number of hydrogen-bond acceptors (Lipinski definition) is 3. The molecule has 130 valence electrons. The Kier molecular flexibility index (Phi) is 4.67. The fourth-order valence-corrected chi connectivity index (χ4v) is 5.22. The van der Waals surface area contributed by atoms with Crippen LogP contribution in [0.2, 0.25) is 0 Å². The number of pyridine rings is 1. The molecule has 2 aromatic rings. The molecule has 4 nitrogen and oxygen atoms in total. The first kappa shape index (κ1) is 16.6. The van der Waals surface area contributed by atoms with Gasteiger partial charge in [0.05, 0.1) is 5.52 Å². The molecule has 0 aromatic carbocycles. The molecule has 2 aromatic heterocycles. The molecule has 3 heterocycles. The molecule has 1 aliphatic heterocycles. The molecule has 0 spiro atoms. The normalized spacial score (nSPS) is 27.0. The van der Waals surface area contributed by atoms with E-state index in [0.29, 0.717) is 6.04 Å². The van der Waals surface area contributed by atoms with Gasteiger partial charge in [-0.1, -0.05) is 0 Å². The van der Waals surface area contributed by atoms with Crippen LogP contribution in [-0.4, -0.2) is 58.6 Å². The maximum Gasteiger partial charge on any atom is 0.0528 e. The minimum atomic E-state index is 0.629. The predicted octanol–water partition coefficient (Wildman–Crippen LogP) is 3.84. The maximum atomic E-state index is 4.45. The van der Waals surface area contributed by atoms with Crippen LogP contribution in [0.4, 0.5) is 0 Å². The highest BCUT2D eigenvalue weighted by Crippen LogP contribution is 2.37. The second-order valence-electron chi connectivity index (χ2n) is 7.48. The Balaban J connectivity index is 1.47. The van der Waals surface area contributed by atoms with Crippen molar-refractivity contribution in [2.75, 3.05) is 33.2 Å². The Hall–Kier alpha value is -0.910. The number of hydrogen-bond donors (Lipinski definition) is 0. The van der Waals surface area contributed by atoms with Gasteiger partial charge in [0.15, 0.2) is 0 Å². The summed E-state index contributed by atoms with van der Waals surface area (Å²) in [4.78, 5) is 9.63. The van der Waals surface area contributed by atoms with Gasteiger partial charge >= 0.3 is 0 Å². The molecule has 2 aliphatic rings. The molecule has 0 amide bonds. The molecule has 1 saturated heterocycles. The van der Waals surface area contributed by atoms with Gasteiger partial charge in [0.2, 0.25) is 0 Å². The zero-order valence-corrected chi connectivity index (χ0v) is 16.3. The lowest BCUT2D eigenvalue weighted by atomic mass is 9.89. The van der Waals surface area contributed by atoms with Gasteiger partial charge in [-0.25, -0.2) is 0 Å². The maximum absolute atomic E-state index is 4.45. The molecule has 0 bridgehead atoms. The van der Waals surface area contributed by atoms with E-state index >= 15 is 0 Å². The van der Waals surface area contributed by atoms with Crippen molar-refractivity contribution in [2.45, 2.75) is 44.7 Å². The lowest BCUT2D eigenvalue weighted by Gasteiger charge is -2.41. The lowest BCUT2D eigenvalue weighted by Crippen LogP contribution is -2.49. The van der Waals surface area contributed by atoms with E-state index in [4.69, 9.17) is 0 Å². The van der Waals surface area contributed by atoms with Gasteiger partial charge in [-0.05, 0) is 61.7 Å². The van der Waals surface area contributed by atoms with Gasteiger partial charge in [0, 0.05) is 66.2 Å². The number of fused-ring (bicyclic) bond motifs is 1. The zero-order valence-electron chi connectivity index (χ0n) is 14.7. The molecule has 0 atom stereocenters. The number of halogens is 1. The minimum Gasteiger partial charge on any atom is -0.343 e. The highest BCUT2D eigenvalue weighted by Gasteiger charge is 2.29. The minimum absolute atomic E-state index is 0.629. The SMILES string of the molecule is Cc1nccc2c1c(Br)cn2C1CCC(N2CCN(C)CC2)CC1. The third-order valence-electron chi connectivity index (χ3n) is 6.00. The van der Waals surface area contributed by atoms with E-state index in [2.05, 4.69) is 61.5 Å². The Labute approximate surface area is 153 Å². The summed E-state index contributed by atoms with van der Waals surface area (Å²) in [5.74, 6) is 0. The van der Waals surface area contributed by atoms with Crippen molar-refractivity contribution in [1.29, 1.82) is 0 Å². The largest absolute Gasteiger partial charge is 0.343 e. The van der Waals surface area contributed by atoms with E-state index in [1.165, 1.54) is 67.2 Å². The van der Waals surface area contributed by atoms with Crippen LogP contribution in [0.15, 0.2) is 22.9 Å². The highest BCUT2D eigenvalue weighted by atomic mass is 79.9. The van der Waals surface area contributed by atoms with Gasteiger partial charge in [0.1, 0.15) is 0 Å². The molecular formula is C19H27BrN4. The van der Waals surface area contributed by atoms with Crippen LogP contribution in [-0.2, 0) is 0 Å². The van der Waals surface area contributed by atoms with Crippen LogP contribution in [0.1, 0.15) is 37.4 Å². The number of aryl methyl sites for hydroxylation is 1. The molecule has 1 aliphatic carbocycles. The Morgan fingerprint density at radius 2 is 1.71 bits per heavy atom. The van der Waals surface area contributed by atoms with Crippen molar-refractivity contribution in [3.05, 3.63) is 28.6 Å². The van der Waals surface area contributed by atoms with Crippen molar-refractivity contribution in [3.8, 4) is 0 Å². The van der Waals surface area contributed by atoms with E-state index in [1.807, 2.05) is 6.20 Å². The van der Waals surface area contributed by atoms with E-state index in [9.17, 15) is 0 Å². The Morgan fingerprint density at radius 3 is 2.42 bits per heavy atom. The summed E-state index contributed by atoms with van der Waals surface area (Å²) in [6, 6.07) is 3.59. The van der Waals surface area contributed by atoms with Crippen LogP contribution in [0.3, 0.4) is 0 Å². The quantitative estimate of drug-likeness (QED) is 0.778. The third-order valence-corrected chi connectivity index (χ3v) is 6.60. The zero-order chi connectivity index (χ0) is 16.7. The first-order valence-electron chi connectivity index (χ1n) is 9.17. The molecule has 0 N–H and O–H groups in total. The van der Waals surface area contributed by atoms with Gasteiger partial charge in [-0.2, -0.15) is 0 Å². The highest BCUT2D eigenvalue weighted by molar-refractivity contribution is 9.10. The average Bonchev–Trinajstić information content (AvgIpc) is 2.94. The fraction of sp³-hybridized carbons (Fsp3) is 0.632. The number of aromatic nitrogens is 2. The van der Waals surface area contributed by atoms with Gasteiger partial charge in [-0.3, -0.25) is 9.88 Å². The van der Waals surface area contributed by atoms with Crippen molar-refractivity contribution in [2.24, 2.45) is 0 Å². The number of likely N-dealkylation sites (N-methyl/N-ethyl adjacent to an activating group) is 1. The molecule has 0 radical (unpaired) electrons. The Bertz CT molecular complexity index is 709. The van der Waals surface area contributed by atoms with Crippen molar-refractivity contribution in [3.63, 3.8) is 0 Å². The van der Waals surface area contributed by atoms with Crippen LogP contribution in [0.5, 0.6) is 0 Å². The lowest BCUT2D eigenvalue weighted by molar-refractivity contribution is 0.0828. The van der Waals surface area contributed by atoms with Crippen LogP contribution in [0.25, 0.3) is 10.9 Å². The summed E-state index contributed by atoms with van der Waals surface area (Å²) >= 11 is 3.74. The van der Waals surface area contributed by atoms with Gasteiger partial charge in [0.25, 0.3) is 0 Å². The third kappa shape index (κ3) is 3.02. The van der Waals surface area contributed by atoms with E-state index < -0.39 is 0 Å². The Morgan fingerprint density at radius 1 is 1.04 bits per heavy atom. The first-order valence-corrected chi connectivity index (χ1v) is 9.97. The van der Waals surface area contributed by atoms with E-state index in [-0.39, 0.29) is 0 Å². The molecule has 1 saturated carbocycles. The average molecular weight is 391 g/mol. The smallest absolute Gasteiger partial charge is 0.0528 e. The summed E-state index contributed by atoms with van der Waals surface area (Å²) < 4.78 is 3.68. The summed E-state index contributed by atoms with van der Waals surface area (Å²) in [5.41, 5.74) is 2.45. The van der Waals surface area contributed by atoms with E-state index in [0.717, 1.165) is 11.7 Å². The monoisotopic (exact) mass is 390 g/mol. The molecule has 24 heavy (non-hydrogen) atoms. The number of rotatable bonds is 2. The van der Waals surface area contributed by atoms with Gasteiger partial charge in [-0.15, -0.1) is 0 Å². The fourth-order valence-electron chi connectivity index (χ4n) is 4.51. The summed E-state index contributed by atoms with van der Waals surface area (Å²) in [5, 5.41) is 1.28. The van der Waals surface area contributed by atoms with Crippen LogP contribution < -0.4 is 0 Å². The number of nitrogens with zero attached hydrogens (tertiary/aromatic N) is 4. The van der Waals surface area contributed by atoms with Crippen LogP contribution >= 0.6 is 15.9 Å². The second kappa shape index (κ2) is 6.77. The summed E-state index contributed by atoms with van der Waals surface area (Å²) in [6.07, 6.45) is 9.45. The van der Waals surface area contributed by atoms with Crippen molar-refractivity contribution < 1.29 is 0 Å². The summed E-state index contributed by atoms with van der Waals surface area (Å²) in [6.45, 7) is 7.04. The summed E-state index contributed by atoms with van der Waals surface area (Å²) in [7, 11) is 2.24. The van der Waals surface area contributed by atoms with Crippen LogP contribution in [0, 0.1) is 6.92 Å². The molecule has 5 heteroatoms. The number of piperazine rings is 1. The molecular weight excluding hydrogens is 364 g/mol. The van der Waals surface area contributed by atoms with Crippen molar-refractivity contribution >= 4 is 26.8 Å².